The quantitative estimate of drug-likeness (QED) is 0.866. The lowest BCUT2D eigenvalue weighted by Crippen LogP contribution is -2.48. The molecule has 0 aliphatic carbocycles. The van der Waals surface area contributed by atoms with Gasteiger partial charge in [0, 0.05) is 18.5 Å². The summed E-state index contributed by atoms with van der Waals surface area (Å²) in [6.07, 6.45) is -5.71. The van der Waals surface area contributed by atoms with Crippen LogP contribution in [0, 0.1) is 17.3 Å². The van der Waals surface area contributed by atoms with Gasteiger partial charge in [-0.3, -0.25) is 4.79 Å². The first-order chi connectivity index (χ1) is 9.45. The van der Waals surface area contributed by atoms with E-state index >= 15 is 0 Å². The standard InChI is InChI=1S/C15H26F3NO2/c1-10(2)9-14(3,4)13(21)19-7-5-11(6-8-19)12(20)15(16,17)18/h10-12,20H,5-9H2,1-4H3. The smallest absolute Gasteiger partial charge is 0.383 e. The number of likely N-dealkylation sites (tertiary alicyclic amines) is 1. The summed E-state index contributed by atoms with van der Waals surface area (Å²) in [5, 5.41) is 9.29. The Labute approximate surface area is 124 Å². The summed E-state index contributed by atoms with van der Waals surface area (Å²) in [7, 11) is 0. The van der Waals surface area contributed by atoms with E-state index in [-0.39, 0.29) is 31.8 Å². The maximum Gasteiger partial charge on any atom is 0.414 e. The highest BCUT2D eigenvalue weighted by molar-refractivity contribution is 5.82. The number of alkyl halides is 3. The Morgan fingerprint density at radius 1 is 1.24 bits per heavy atom. The van der Waals surface area contributed by atoms with Gasteiger partial charge in [0.2, 0.25) is 5.91 Å². The zero-order chi connectivity index (χ0) is 16.4. The van der Waals surface area contributed by atoms with Crippen molar-refractivity contribution < 1.29 is 23.1 Å². The van der Waals surface area contributed by atoms with Gasteiger partial charge in [-0.25, -0.2) is 0 Å². The summed E-state index contributed by atoms with van der Waals surface area (Å²) in [5.74, 6) is -0.424. The Balaban J connectivity index is 2.59. The molecular weight excluding hydrogens is 283 g/mol. The lowest BCUT2D eigenvalue weighted by atomic mass is 9.81. The molecule has 0 saturated carbocycles. The molecule has 1 rings (SSSR count). The van der Waals surface area contributed by atoms with Crippen molar-refractivity contribution in [2.75, 3.05) is 13.1 Å². The Hall–Kier alpha value is -0.780. The van der Waals surface area contributed by atoms with Crippen LogP contribution in [0.25, 0.3) is 0 Å². The first-order valence-corrected chi connectivity index (χ1v) is 7.49. The molecule has 1 heterocycles. The van der Waals surface area contributed by atoms with Crippen LogP contribution in [0.1, 0.15) is 47.0 Å². The van der Waals surface area contributed by atoms with Gasteiger partial charge in [-0.1, -0.05) is 27.7 Å². The van der Waals surface area contributed by atoms with Crippen LogP contribution in [0.5, 0.6) is 0 Å². The fourth-order valence-corrected chi connectivity index (χ4v) is 3.22. The van der Waals surface area contributed by atoms with Crippen LogP contribution in [0.15, 0.2) is 0 Å². The molecule has 0 aromatic heterocycles. The number of rotatable bonds is 4. The van der Waals surface area contributed by atoms with Crippen LogP contribution < -0.4 is 0 Å². The van der Waals surface area contributed by atoms with Gasteiger partial charge in [0.1, 0.15) is 0 Å². The normalized spacial score (nSPS) is 20.0. The first-order valence-electron chi connectivity index (χ1n) is 7.49. The Morgan fingerprint density at radius 2 is 1.71 bits per heavy atom. The fourth-order valence-electron chi connectivity index (χ4n) is 3.22. The van der Waals surface area contributed by atoms with Gasteiger partial charge in [0.05, 0.1) is 0 Å². The van der Waals surface area contributed by atoms with E-state index in [0.29, 0.717) is 5.92 Å². The van der Waals surface area contributed by atoms with Gasteiger partial charge in [-0.05, 0) is 31.1 Å². The van der Waals surface area contributed by atoms with E-state index in [1.807, 2.05) is 27.7 Å². The molecule has 0 radical (unpaired) electrons. The molecule has 124 valence electrons. The number of aliphatic hydroxyl groups is 1. The Morgan fingerprint density at radius 3 is 2.10 bits per heavy atom. The molecular formula is C15H26F3NO2. The van der Waals surface area contributed by atoms with Crippen LogP contribution in [0.4, 0.5) is 13.2 Å². The number of aliphatic hydroxyl groups excluding tert-OH is 1. The van der Waals surface area contributed by atoms with Gasteiger partial charge in [-0.15, -0.1) is 0 Å². The molecule has 1 amide bonds. The highest BCUT2D eigenvalue weighted by Gasteiger charge is 2.45. The molecule has 21 heavy (non-hydrogen) atoms. The number of hydrogen-bond acceptors (Lipinski definition) is 2. The molecule has 6 heteroatoms. The third kappa shape index (κ3) is 4.87. The third-order valence-corrected chi connectivity index (χ3v) is 4.11. The number of nitrogens with zero attached hydrogens (tertiary/aromatic N) is 1. The zero-order valence-electron chi connectivity index (χ0n) is 13.2. The van der Waals surface area contributed by atoms with Crippen molar-refractivity contribution in [1.82, 2.24) is 4.90 Å². The second-order valence-corrected chi connectivity index (χ2v) is 7.10. The summed E-state index contributed by atoms with van der Waals surface area (Å²) in [6.45, 7) is 8.43. The highest BCUT2D eigenvalue weighted by Crippen LogP contribution is 2.34. The number of carbonyl (C=O) groups is 1. The molecule has 1 aliphatic rings. The van der Waals surface area contributed by atoms with Gasteiger partial charge in [0.15, 0.2) is 6.10 Å². The monoisotopic (exact) mass is 309 g/mol. The minimum Gasteiger partial charge on any atom is -0.383 e. The van der Waals surface area contributed by atoms with Crippen LogP contribution in [-0.2, 0) is 4.79 Å². The van der Waals surface area contributed by atoms with Crippen molar-refractivity contribution in [3.63, 3.8) is 0 Å². The van der Waals surface area contributed by atoms with Gasteiger partial charge >= 0.3 is 6.18 Å². The minimum atomic E-state index is -4.58. The van der Waals surface area contributed by atoms with Crippen molar-refractivity contribution in [2.45, 2.75) is 59.2 Å². The second kappa shape index (κ2) is 6.55. The maximum atomic E-state index is 12.5. The highest BCUT2D eigenvalue weighted by atomic mass is 19.4. The maximum absolute atomic E-state index is 12.5. The summed E-state index contributed by atoms with van der Waals surface area (Å²) in [5.41, 5.74) is -0.496. The summed E-state index contributed by atoms with van der Waals surface area (Å²) >= 11 is 0. The number of amides is 1. The molecule has 1 N–H and O–H groups in total. The molecule has 1 atom stereocenters. The van der Waals surface area contributed by atoms with Crippen LogP contribution in [0.2, 0.25) is 0 Å². The van der Waals surface area contributed by atoms with E-state index < -0.39 is 23.6 Å². The molecule has 1 aliphatic heterocycles. The van der Waals surface area contributed by atoms with Crippen molar-refractivity contribution >= 4 is 5.91 Å². The van der Waals surface area contributed by atoms with Gasteiger partial charge < -0.3 is 10.0 Å². The summed E-state index contributed by atoms with van der Waals surface area (Å²) in [6, 6.07) is 0. The van der Waals surface area contributed by atoms with Crippen molar-refractivity contribution in [2.24, 2.45) is 17.3 Å². The largest absolute Gasteiger partial charge is 0.414 e. The van der Waals surface area contributed by atoms with E-state index in [1.54, 1.807) is 4.90 Å². The zero-order valence-corrected chi connectivity index (χ0v) is 13.2. The molecule has 3 nitrogen and oxygen atoms in total. The van der Waals surface area contributed by atoms with E-state index in [2.05, 4.69) is 0 Å². The summed E-state index contributed by atoms with van der Waals surface area (Å²) < 4.78 is 37.5. The summed E-state index contributed by atoms with van der Waals surface area (Å²) in [4.78, 5) is 14.1. The van der Waals surface area contributed by atoms with Gasteiger partial charge in [-0.2, -0.15) is 13.2 Å². The van der Waals surface area contributed by atoms with Crippen molar-refractivity contribution in [3.8, 4) is 0 Å². The van der Waals surface area contributed by atoms with Crippen molar-refractivity contribution in [3.05, 3.63) is 0 Å². The van der Waals surface area contributed by atoms with Crippen LogP contribution >= 0.6 is 0 Å². The SMILES string of the molecule is CC(C)CC(C)(C)C(=O)N1CCC(C(O)C(F)(F)F)CC1. The van der Waals surface area contributed by atoms with Crippen LogP contribution in [-0.4, -0.2) is 41.3 Å². The third-order valence-electron chi connectivity index (χ3n) is 4.11. The predicted molar refractivity (Wildman–Crippen MR) is 74.6 cm³/mol. The average molecular weight is 309 g/mol. The Bertz CT molecular complexity index is 358. The second-order valence-electron chi connectivity index (χ2n) is 7.10. The van der Waals surface area contributed by atoms with Crippen LogP contribution in [0.3, 0.4) is 0 Å². The number of piperidine rings is 1. The van der Waals surface area contributed by atoms with E-state index in [0.717, 1.165) is 6.42 Å². The lowest BCUT2D eigenvalue weighted by molar-refractivity contribution is -0.223. The number of hydrogen-bond donors (Lipinski definition) is 1. The fraction of sp³-hybridized carbons (Fsp3) is 0.933. The van der Waals surface area contributed by atoms with E-state index in [1.165, 1.54) is 0 Å². The molecule has 0 aromatic carbocycles. The Kier molecular flexibility index (Phi) is 5.69. The van der Waals surface area contributed by atoms with E-state index in [4.69, 9.17) is 0 Å². The predicted octanol–water partition coefficient (Wildman–Crippen LogP) is 3.22. The van der Waals surface area contributed by atoms with Gasteiger partial charge in [0.25, 0.3) is 0 Å². The molecule has 0 spiro atoms. The number of halogens is 3. The first kappa shape index (κ1) is 18.3. The molecule has 1 fully saturated rings. The number of carbonyl (C=O) groups excluding carboxylic acids is 1. The van der Waals surface area contributed by atoms with Crippen molar-refractivity contribution in [1.29, 1.82) is 0 Å². The van der Waals surface area contributed by atoms with E-state index in [9.17, 15) is 23.1 Å². The molecule has 1 unspecified atom stereocenters. The molecule has 0 bridgehead atoms. The lowest BCUT2D eigenvalue weighted by Gasteiger charge is -2.39. The average Bonchev–Trinajstić information content (AvgIpc) is 2.34. The molecule has 1 saturated heterocycles. The topological polar surface area (TPSA) is 40.5 Å². The minimum absolute atomic E-state index is 0.00357. The molecule has 0 aromatic rings.